The Kier molecular flexibility index (Phi) is 2.46. The van der Waals surface area contributed by atoms with Crippen LogP contribution < -0.4 is 5.32 Å². The van der Waals surface area contributed by atoms with Crippen LogP contribution in [0.2, 0.25) is 0 Å². The molecule has 0 amide bonds. The number of ether oxygens (including phenoxy) is 1. The number of fused-ring (bicyclic) bond motifs is 5. The Morgan fingerprint density at radius 1 is 1.38 bits per heavy atom. The summed E-state index contributed by atoms with van der Waals surface area (Å²) in [5.74, 6) is 3.79. The van der Waals surface area contributed by atoms with Gasteiger partial charge in [-0.3, -0.25) is 4.79 Å². The van der Waals surface area contributed by atoms with E-state index in [1.807, 2.05) is 6.92 Å². The molecule has 3 saturated carbocycles. The van der Waals surface area contributed by atoms with Gasteiger partial charge in [0, 0.05) is 12.6 Å². The van der Waals surface area contributed by atoms with E-state index in [0.717, 1.165) is 36.3 Å². The van der Waals surface area contributed by atoms with Crippen LogP contribution in [-0.2, 0) is 9.53 Å². The van der Waals surface area contributed by atoms with Crippen molar-refractivity contribution in [2.75, 3.05) is 13.7 Å². The Balaban J connectivity index is 1.47. The van der Waals surface area contributed by atoms with E-state index in [1.54, 1.807) is 0 Å². The Bertz CT molecular complexity index is 288. The van der Waals surface area contributed by atoms with Crippen molar-refractivity contribution in [1.82, 2.24) is 5.32 Å². The number of carbonyl (C=O) groups excluding carboxylic acids is 1. The molecule has 0 aromatic carbocycles. The lowest BCUT2D eigenvalue weighted by Crippen LogP contribution is -2.31. The second-order valence-corrected chi connectivity index (χ2v) is 5.85. The van der Waals surface area contributed by atoms with Crippen LogP contribution in [0, 0.1) is 29.6 Å². The van der Waals surface area contributed by atoms with Crippen LogP contribution >= 0.6 is 0 Å². The summed E-state index contributed by atoms with van der Waals surface area (Å²) < 4.78 is 4.73. The minimum Gasteiger partial charge on any atom is -0.469 e. The largest absolute Gasteiger partial charge is 0.469 e. The maximum absolute atomic E-state index is 11.3. The summed E-state index contributed by atoms with van der Waals surface area (Å²) in [6.45, 7) is 2.72. The van der Waals surface area contributed by atoms with Gasteiger partial charge in [-0.15, -0.1) is 0 Å². The molecule has 3 rings (SSSR count). The van der Waals surface area contributed by atoms with Gasteiger partial charge in [0.2, 0.25) is 0 Å². The molecule has 0 aromatic rings. The van der Waals surface area contributed by atoms with Crippen LogP contribution in [0.5, 0.6) is 0 Å². The molecule has 2 bridgehead atoms. The molecule has 0 saturated heterocycles. The van der Waals surface area contributed by atoms with Gasteiger partial charge in [-0.25, -0.2) is 0 Å². The summed E-state index contributed by atoms with van der Waals surface area (Å²) in [6, 6.07) is 0.721. The number of nitrogens with one attached hydrogen (secondary N) is 1. The molecule has 5 atom stereocenters. The van der Waals surface area contributed by atoms with E-state index in [4.69, 9.17) is 4.74 Å². The fourth-order valence-corrected chi connectivity index (χ4v) is 4.20. The third kappa shape index (κ3) is 1.48. The highest BCUT2D eigenvalue weighted by Crippen LogP contribution is 2.65. The summed E-state index contributed by atoms with van der Waals surface area (Å²) in [7, 11) is 1.46. The maximum atomic E-state index is 11.3. The fourth-order valence-electron chi connectivity index (χ4n) is 4.20. The molecule has 0 aromatic heterocycles. The maximum Gasteiger partial charge on any atom is 0.309 e. The van der Waals surface area contributed by atoms with Gasteiger partial charge < -0.3 is 10.1 Å². The molecular weight excluding hydrogens is 202 g/mol. The van der Waals surface area contributed by atoms with Gasteiger partial charge in [0.05, 0.1) is 13.0 Å². The lowest BCUT2D eigenvalue weighted by molar-refractivity contribution is -0.144. The zero-order valence-corrected chi connectivity index (χ0v) is 10.1. The van der Waals surface area contributed by atoms with Gasteiger partial charge in [-0.2, -0.15) is 0 Å². The molecule has 3 heteroatoms. The zero-order chi connectivity index (χ0) is 11.3. The number of hydrogen-bond acceptors (Lipinski definition) is 3. The monoisotopic (exact) mass is 223 g/mol. The molecule has 0 radical (unpaired) electrons. The summed E-state index contributed by atoms with van der Waals surface area (Å²) >= 11 is 0. The van der Waals surface area contributed by atoms with E-state index in [9.17, 15) is 4.79 Å². The van der Waals surface area contributed by atoms with Gasteiger partial charge in [0.25, 0.3) is 0 Å². The molecule has 3 aliphatic rings. The Morgan fingerprint density at radius 3 is 2.56 bits per heavy atom. The molecule has 3 fully saturated rings. The average Bonchev–Trinajstić information content (AvgIpc) is 2.70. The first-order chi connectivity index (χ1) is 7.72. The first-order valence-electron chi connectivity index (χ1n) is 6.53. The van der Waals surface area contributed by atoms with Gasteiger partial charge in [-0.05, 0) is 42.9 Å². The van der Waals surface area contributed by atoms with E-state index in [-0.39, 0.29) is 11.9 Å². The number of rotatable bonds is 4. The summed E-state index contributed by atoms with van der Waals surface area (Å²) in [5.41, 5.74) is 0. The second-order valence-electron chi connectivity index (χ2n) is 5.85. The number of carbonyl (C=O) groups is 1. The van der Waals surface area contributed by atoms with Crippen LogP contribution in [0.25, 0.3) is 0 Å². The average molecular weight is 223 g/mol. The molecule has 0 aliphatic heterocycles. The molecule has 16 heavy (non-hydrogen) atoms. The highest BCUT2D eigenvalue weighted by Gasteiger charge is 2.64. The molecule has 5 unspecified atom stereocenters. The van der Waals surface area contributed by atoms with Crippen LogP contribution in [-0.4, -0.2) is 25.7 Å². The van der Waals surface area contributed by atoms with Crippen molar-refractivity contribution < 1.29 is 9.53 Å². The summed E-state index contributed by atoms with van der Waals surface area (Å²) in [5, 5.41) is 3.57. The standard InChI is InChI=1S/C13H21NO2/c1-7(13(15)16-2)6-14-12-10-8-3-4-9(5-8)11(10)12/h7-12,14H,3-6H2,1-2H3. The second kappa shape index (κ2) is 3.73. The van der Waals surface area contributed by atoms with Gasteiger partial charge in [0.15, 0.2) is 0 Å². The molecule has 0 spiro atoms. The third-order valence-electron chi connectivity index (χ3n) is 5.00. The van der Waals surface area contributed by atoms with E-state index < -0.39 is 0 Å². The summed E-state index contributed by atoms with van der Waals surface area (Å²) in [4.78, 5) is 11.3. The lowest BCUT2D eigenvalue weighted by Gasteiger charge is -2.13. The first kappa shape index (κ1) is 10.6. The van der Waals surface area contributed by atoms with E-state index in [0.29, 0.717) is 0 Å². The van der Waals surface area contributed by atoms with Crippen molar-refractivity contribution in [1.29, 1.82) is 0 Å². The van der Waals surface area contributed by atoms with Crippen molar-refractivity contribution in [2.45, 2.75) is 32.2 Å². The van der Waals surface area contributed by atoms with Gasteiger partial charge in [-0.1, -0.05) is 6.92 Å². The topological polar surface area (TPSA) is 38.3 Å². The highest BCUT2D eigenvalue weighted by atomic mass is 16.5. The van der Waals surface area contributed by atoms with E-state index >= 15 is 0 Å². The van der Waals surface area contributed by atoms with Crippen molar-refractivity contribution in [3.05, 3.63) is 0 Å². The Morgan fingerprint density at radius 2 is 2.00 bits per heavy atom. The fraction of sp³-hybridized carbons (Fsp3) is 0.923. The molecule has 90 valence electrons. The predicted octanol–water partition coefficient (Wildman–Crippen LogP) is 1.43. The number of methoxy groups -OCH3 is 1. The predicted molar refractivity (Wildman–Crippen MR) is 60.8 cm³/mol. The summed E-state index contributed by atoms with van der Waals surface area (Å²) in [6.07, 6.45) is 4.40. The smallest absolute Gasteiger partial charge is 0.309 e. The van der Waals surface area contributed by atoms with Crippen LogP contribution in [0.1, 0.15) is 26.2 Å². The van der Waals surface area contributed by atoms with Crippen LogP contribution in [0.4, 0.5) is 0 Å². The zero-order valence-electron chi connectivity index (χ0n) is 10.1. The van der Waals surface area contributed by atoms with Crippen LogP contribution in [0.15, 0.2) is 0 Å². The van der Waals surface area contributed by atoms with Crippen molar-refractivity contribution in [3.8, 4) is 0 Å². The van der Waals surface area contributed by atoms with Gasteiger partial charge in [0.1, 0.15) is 0 Å². The third-order valence-corrected chi connectivity index (χ3v) is 5.00. The molecular formula is C13H21NO2. The SMILES string of the molecule is COC(=O)C(C)CNC1C2C3CCC(C3)C12. The highest BCUT2D eigenvalue weighted by molar-refractivity contribution is 5.72. The van der Waals surface area contributed by atoms with E-state index in [2.05, 4.69) is 5.32 Å². The van der Waals surface area contributed by atoms with Crippen molar-refractivity contribution in [3.63, 3.8) is 0 Å². The number of esters is 1. The van der Waals surface area contributed by atoms with Crippen LogP contribution in [0.3, 0.4) is 0 Å². The first-order valence-corrected chi connectivity index (χ1v) is 6.53. The minimum atomic E-state index is -0.0960. The Hall–Kier alpha value is -0.570. The van der Waals surface area contributed by atoms with E-state index in [1.165, 1.54) is 26.4 Å². The minimum absolute atomic E-state index is 0.0102. The quantitative estimate of drug-likeness (QED) is 0.733. The van der Waals surface area contributed by atoms with Crippen molar-refractivity contribution >= 4 is 5.97 Å². The van der Waals surface area contributed by atoms with Gasteiger partial charge >= 0.3 is 5.97 Å². The number of hydrogen-bond donors (Lipinski definition) is 1. The van der Waals surface area contributed by atoms with Crippen molar-refractivity contribution in [2.24, 2.45) is 29.6 Å². The molecule has 1 N–H and O–H groups in total. The molecule has 3 aliphatic carbocycles. The molecule has 0 heterocycles. The molecule has 3 nitrogen and oxygen atoms in total. The normalized spacial score (nSPS) is 45.2. The Labute approximate surface area is 96.9 Å². The lowest BCUT2D eigenvalue weighted by atomic mass is 10.0.